The van der Waals surface area contributed by atoms with Crippen LogP contribution in [0, 0.1) is 0 Å². The molecule has 0 unspecified atom stereocenters. The van der Waals surface area contributed by atoms with Gasteiger partial charge in [-0.3, -0.25) is 5.10 Å². The summed E-state index contributed by atoms with van der Waals surface area (Å²) in [6.07, 6.45) is 7.57. The molecule has 94 valence electrons. The second-order valence-corrected chi connectivity index (χ2v) is 5.27. The molecular formula is C14H10ClN3S. The lowest BCUT2D eigenvalue weighted by molar-refractivity contribution is 1.09. The van der Waals surface area contributed by atoms with Crippen molar-refractivity contribution in [3.63, 3.8) is 0 Å². The number of aromatic amines is 1. The van der Waals surface area contributed by atoms with Crippen LogP contribution in [-0.4, -0.2) is 15.2 Å². The van der Waals surface area contributed by atoms with E-state index in [0.29, 0.717) is 0 Å². The Kier molecular flexibility index (Phi) is 3.44. The van der Waals surface area contributed by atoms with Gasteiger partial charge in [-0.1, -0.05) is 23.7 Å². The minimum absolute atomic E-state index is 0.735. The molecule has 0 aliphatic carbocycles. The first-order chi connectivity index (χ1) is 9.31. The highest BCUT2D eigenvalue weighted by Gasteiger charge is 2.02. The van der Waals surface area contributed by atoms with E-state index in [-0.39, 0.29) is 0 Å². The van der Waals surface area contributed by atoms with Gasteiger partial charge in [0, 0.05) is 27.7 Å². The van der Waals surface area contributed by atoms with E-state index in [0.717, 1.165) is 26.9 Å². The van der Waals surface area contributed by atoms with Crippen molar-refractivity contribution >= 4 is 35.1 Å². The zero-order chi connectivity index (χ0) is 13.1. The molecule has 0 amide bonds. The Labute approximate surface area is 119 Å². The monoisotopic (exact) mass is 287 g/mol. The maximum Gasteiger partial charge on any atom is 0.116 e. The Morgan fingerprint density at radius 3 is 2.74 bits per heavy atom. The van der Waals surface area contributed by atoms with E-state index < -0.39 is 0 Å². The summed E-state index contributed by atoms with van der Waals surface area (Å²) in [6.45, 7) is 0. The number of hydrogen-bond donors (Lipinski definition) is 1. The summed E-state index contributed by atoms with van der Waals surface area (Å²) in [5.74, 6) is 0. The SMILES string of the molecule is Clc1ccc(-c2csc(/C=C/c3cn[nH]c3)n2)cc1. The smallest absolute Gasteiger partial charge is 0.116 e. The van der Waals surface area contributed by atoms with Crippen LogP contribution in [0.2, 0.25) is 5.02 Å². The molecule has 0 atom stereocenters. The van der Waals surface area contributed by atoms with Crippen LogP contribution in [0.1, 0.15) is 10.6 Å². The highest BCUT2D eigenvalue weighted by molar-refractivity contribution is 7.10. The number of rotatable bonds is 3. The van der Waals surface area contributed by atoms with Crippen molar-refractivity contribution in [2.75, 3.05) is 0 Å². The average Bonchev–Trinajstić information content (AvgIpc) is 3.09. The molecule has 19 heavy (non-hydrogen) atoms. The Hall–Kier alpha value is -1.91. The Bertz CT molecular complexity index is 684. The van der Waals surface area contributed by atoms with Crippen LogP contribution in [0.4, 0.5) is 0 Å². The predicted molar refractivity (Wildman–Crippen MR) is 80.1 cm³/mol. The van der Waals surface area contributed by atoms with Crippen LogP contribution in [0.5, 0.6) is 0 Å². The van der Waals surface area contributed by atoms with E-state index in [4.69, 9.17) is 11.6 Å². The van der Waals surface area contributed by atoms with E-state index in [2.05, 4.69) is 15.2 Å². The van der Waals surface area contributed by atoms with Gasteiger partial charge in [-0.2, -0.15) is 5.10 Å². The predicted octanol–water partition coefficient (Wildman–Crippen LogP) is 4.36. The molecule has 0 saturated heterocycles. The van der Waals surface area contributed by atoms with Crippen molar-refractivity contribution < 1.29 is 0 Å². The van der Waals surface area contributed by atoms with Gasteiger partial charge >= 0.3 is 0 Å². The first-order valence-electron chi connectivity index (χ1n) is 5.69. The highest BCUT2D eigenvalue weighted by Crippen LogP contribution is 2.24. The quantitative estimate of drug-likeness (QED) is 0.778. The summed E-state index contributed by atoms with van der Waals surface area (Å²) in [4.78, 5) is 4.57. The fourth-order valence-electron chi connectivity index (χ4n) is 1.64. The van der Waals surface area contributed by atoms with Crippen LogP contribution < -0.4 is 0 Å². The molecule has 1 aromatic carbocycles. The van der Waals surface area contributed by atoms with Gasteiger partial charge < -0.3 is 0 Å². The molecule has 3 rings (SSSR count). The fourth-order valence-corrected chi connectivity index (χ4v) is 2.48. The third-order valence-corrected chi connectivity index (χ3v) is 3.66. The molecule has 3 nitrogen and oxygen atoms in total. The number of nitrogens with one attached hydrogen (secondary N) is 1. The molecule has 2 heterocycles. The van der Waals surface area contributed by atoms with Crippen molar-refractivity contribution in [1.82, 2.24) is 15.2 Å². The lowest BCUT2D eigenvalue weighted by atomic mass is 10.2. The topological polar surface area (TPSA) is 41.6 Å². The maximum absolute atomic E-state index is 5.87. The Morgan fingerprint density at radius 2 is 2.00 bits per heavy atom. The summed E-state index contributed by atoms with van der Waals surface area (Å²) >= 11 is 7.48. The van der Waals surface area contributed by atoms with Crippen LogP contribution in [0.25, 0.3) is 23.4 Å². The van der Waals surface area contributed by atoms with Crippen molar-refractivity contribution in [3.05, 3.63) is 57.6 Å². The van der Waals surface area contributed by atoms with Crippen molar-refractivity contribution in [1.29, 1.82) is 0 Å². The summed E-state index contributed by atoms with van der Waals surface area (Å²) in [5.41, 5.74) is 3.07. The molecule has 0 aliphatic rings. The highest BCUT2D eigenvalue weighted by atomic mass is 35.5. The van der Waals surface area contributed by atoms with Crippen LogP contribution >= 0.6 is 22.9 Å². The molecule has 1 N–H and O–H groups in total. The molecule has 2 aromatic heterocycles. The number of nitrogens with zero attached hydrogens (tertiary/aromatic N) is 2. The normalized spacial score (nSPS) is 11.2. The molecule has 0 fully saturated rings. The molecular weight excluding hydrogens is 278 g/mol. The van der Waals surface area contributed by atoms with Gasteiger partial charge in [0.05, 0.1) is 11.9 Å². The van der Waals surface area contributed by atoms with Gasteiger partial charge in [0.25, 0.3) is 0 Å². The van der Waals surface area contributed by atoms with Gasteiger partial charge in [-0.05, 0) is 24.3 Å². The summed E-state index contributed by atoms with van der Waals surface area (Å²) < 4.78 is 0. The molecule has 0 radical (unpaired) electrons. The molecule has 0 spiro atoms. The number of benzene rings is 1. The summed E-state index contributed by atoms with van der Waals surface area (Å²) in [5, 5.41) is 10.4. The maximum atomic E-state index is 5.87. The van der Waals surface area contributed by atoms with E-state index in [1.54, 1.807) is 17.5 Å². The molecule has 0 saturated carbocycles. The summed E-state index contributed by atoms with van der Waals surface area (Å²) in [6, 6.07) is 7.69. The summed E-state index contributed by atoms with van der Waals surface area (Å²) in [7, 11) is 0. The third kappa shape index (κ3) is 2.92. The number of H-pyrrole nitrogens is 1. The van der Waals surface area contributed by atoms with Crippen molar-refractivity contribution in [2.45, 2.75) is 0 Å². The van der Waals surface area contributed by atoms with Gasteiger partial charge in [0.1, 0.15) is 5.01 Å². The average molecular weight is 288 g/mol. The Balaban J connectivity index is 1.81. The van der Waals surface area contributed by atoms with E-state index in [1.807, 2.05) is 48.0 Å². The fraction of sp³-hybridized carbons (Fsp3) is 0. The minimum atomic E-state index is 0.735. The van der Waals surface area contributed by atoms with Crippen LogP contribution in [-0.2, 0) is 0 Å². The lowest BCUT2D eigenvalue weighted by Crippen LogP contribution is -1.77. The minimum Gasteiger partial charge on any atom is -0.285 e. The number of aromatic nitrogens is 3. The van der Waals surface area contributed by atoms with E-state index in [1.165, 1.54) is 0 Å². The largest absolute Gasteiger partial charge is 0.285 e. The zero-order valence-corrected chi connectivity index (χ0v) is 11.4. The van der Waals surface area contributed by atoms with Gasteiger partial charge in [-0.15, -0.1) is 11.3 Å². The zero-order valence-electron chi connectivity index (χ0n) is 9.88. The van der Waals surface area contributed by atoms with E-state index >= 15 is 0 Å². The number of hydrogen-bond acceptors (Lipinski definition) is 3. The number of thiazole rings is 1. The van der Waals surface area contributed by atoms with Crippen LogP contribution in [0.15, 0.2) is 42.0 Å². The Morgan fingerprint density at radius 1 is 1.16 bits per heavy atom. The second-order valence-electron chi connectivity index (χ2n) is 3.94. The first kappa shape index (κ1) is 12.1. The first-order valence-corrected chi connectivity index (χ1v) is 6.95. The molecule has 3 aromatic rings. The van der Waals surface area contributed by atoms with Crippen LogP contribution in [0.3, 0.4) is 0 Å². The van der Waals surface area contributed by atoms with Gasteiger partial charge in [0.2, 0.25) is 0 Å². The van der Waals surface area contributed by atoms with Crippen molar-refractivity contribution in [3.8, 4) is 11.3 Å². The molecule has 0 aliphatic heterocycles. The second kappa shape index (κ2) is 5.38. The molecule has 5 heteroatoms. The molecule has 0 bridgehead atoms. The number of halogens is 1. The van der Waals surface area contributed by atoms with Gasteiger partial charge in [0.15, 0.2) is 0 Å². The van der Waals surface area contributed by atoms with E-state index in [9.17, 15) is 0 Å². The van der Waals surface area contributed by atoms with Gasteiger partial charge in [-0.25, -0.2) is 4.98 Å². The third-order valence-electron chi connectivity index (χ3n) is 2.60. The standard InChI is InChI=1S/C14H10ClN3S/c15-12-4-2-11(3-5-12)13-9-19-14(18-13)6-1-10-7-16-17-8-10/h1-9H,(H,16,17)/b6-1+. The van der Waals surface area contributed by atoms with Crippen molar-refractivity contribution in [2.24, 2.45) is 0 Å². The lowest BCUT2D eigenvalue weighted by Gasteiger charge is -1.95.